The number of hydrogen-bond acceptors (Lipinski definition) is 3. The molecule has 0 spiro atoms. The van der Waals surface area contributed by atoms with Gasteiger partial charge in [-0.1, -0.05) is 30.3 Å². The lowest BCUT2D eigenvalue weighted by atomic mass is 10.0. The Kier molecular flexibility index (Phi) is 4.94. The van der Waals surface area contributed by atoms with Crippen LogP contribution in [0.1, 0.15) is 31.7 Å². The first-order valence-corrected chi connectivity index (χ1v) is 8.48. The zero-order valence-corrected chi connectivity index (χ0v) is 13.2. The van der Waals surface area contributed by atoms with Crippen molar-refractivity contribution in [2.75, 3.05) is 26.2 Å². The first-order chi connectivity index (χ1) is 10.2. The zero-order valence-electron chi connectivity index (χ0n) is 13.2. The van der Waals surface area contributed by atoms with Crippen molar-refractivity contribution < 1.29 is 0 Å². The van der Waals surface area contributed by atoms with E-state index in [0.29, 0.717) is 12.0 Å². The molecule has 2 atom stereocenters. The Morgan fingerprint density at radius 1 is 1.10 bits per heavy atom. The zero-order chi connectivity index (χ0) is 14.7. The van der Waals surface area contributed by atoms with Gasteiger partial charge in [0.1, 0.15) is 0 Å². The van der Waals surface area contributed by atoms with E-state index in [1.165, 1.54) is 51.0 Å². The molecule has 2 fully saturated rings. The van der Waals surface area contributed by atoms with E-state index in [2.05, 4.69) is 47.1 Å². The highest BCUT2D eigenvalue weighted by molar-refractivity contribution is 5.14. The van der Waals surface area contributed by atoms with Gasteiger partial charge in [-0.25, -0.2) is 0 Å². The Balaban J connectivity index is 1.45. The Morgan fingerprint density at radius 2 is 1.81 bits per heavy atom. The molecule has 2 unspecified atom stereocenters. The summed E-state index contributed by atoms with van der Waals surface area (Å²) in [5.41, 5.74) is 7.50. The highest BCUT2D eigenvalue weighted by Crippen LogP contribution is 2.26. The molecule has 0 radical (unpaired) electrons. The van der Waals surface area contributed by atoms with Crippen LogP contribution in [0.3, 0.4) is 0 Å². The van der Waals surface area contributed by atoms with Gasteiger partial charge in [0, 0.05) is 25.2 Å². The topological polar surface area (TPSA) is 32.5 Å². The second-order valence-corrected chi connectivity index (χ2v) is 6.90. The Morgan fingerprint density at radius 3 is 2.43 bits per heavy atom. The summed E-state index contributed by atoms with van der Waals surface area (Å²) in [4.78, 5) is 5.30. The summed E-state index contributed by atoms with van der Waals surface area (Å²) in [6.45, 7) is 8.22. The first-order valence-electron chi connectivity index (χ1n) is 8.48. The average Bonchev–Trinajstić information content (AvgIpc) is 2.99. The molecule has 1 aromatic carbocycles. The SMILES string of the molecule is CC(N)C1CCN(C2CCN(Cc3ccccc3)CC2)C1. The normalized spacial score (nSPS) is 27.0. The maximum absolute atomic E-state index is 6.06. The smallest absolute Gasteiger partial charge is 0.0233 e. The highest BCUT2D eigenvalue weighted by atomic mass is 15.2. The summed E-state index contributed by atoms with van der Waals surface area (Å²) in [5, 5.41) is 0. The van der Waals surface area contributed by atoms with Crippen molar-refractivity contribution in [2.24, 2.45) is 11.7 Å². The summed E-state index contributed by atoms with van der Waals surface area (Å²) >= 11 is 0. The van der Waals surface area contributed by atoms with Crippen LogP contribution < -0.4 is 5.73 Å². The predicted octanol–water partition coefficient (Wildman–Crippen LogP) is 2.32. The first kappa shape index (κ1) is 15.0. The minimum absolute atomic E-state index is 0.355. The minimum Gasteiger partial charge on any atom is -0.328 e. The molecule has 3 nitrogen and oxygen atoms in total. The third-order valence-electron chi connectivity index (χ3n) is 5.32. The largest absolute Gasteiger partial charge is 0.328 e. The lowest BCUT2D eigenvalue weighted by Crippen LogP contribution is -2.44. The number of piperidine rings is 1. The van der Waals surface area contributed by atoms with E-state index in [0.717, 1.165) is 12.6 Å². The fourth-order valence-electron chi connectivity index (χ4n) is 3.86. The van der Waals surface area contributed by atoms with Gasteiger partial charge in [0.15, 0.2) is 0 Å². The van der Waals surface area contributed by atoms with Crippen LogP contribution in [0.25, 0.3) is 0 Å². The monoisotopic (exact) mass is 287 g/mol. The van der Waals surface area contributed by atoms with Gasteiger partial charge >= 0.3 is 0 Å². The number of hydrogen-bond donors (Lipinski definition) is 1. The summed E-state index contributed by atoms with van der Waals surface area (Å²) in [7, 11) is 0. The van der Waals surface area contributed by atoms with Crippen LogP contribution >= 0.6 is 0 Å². The molecule has 0 bridgehead atoms. The molecule has 21 heavy (non-hydrogen) atoms. The standard InChI is InChI=1S/C18H29N3/c1-15(19)17-7-12-21(14-17)18-8-10-20(11-9-18)13-16-5-3-2-4-6-16/h2-6,15,17-18H,7-14,19H2,1H3. The summed E-state index contributed by atoms with van der Waals surface area (Å²) in [6, 6.07) is 12.0. The van der Waals surface area contributed by atoms with Crippen LogP contribution in [0.2, 0.25) is 0 Å². The summed E-state index contributed by atoms with van der Waals surface area (Å²) in [5.74, 6) is 0.715. The van der Waals surface area contributed by atoms with E-state index in [1.807, 2.05) is 0 Å². The molecule has 2 saturated heterocycles. The minimum atomic E-state index is 0.355. The summed E-state index contributed by atoms with van der Waals surface area (Å²) < 4.78 is 0. The lowest BCUT2D eigenvalue weighted by Gasteiger charge is -2.37. The van der Waals surface area contributed by atoms with Gasteiger partial charge in [-0.2, -0.15) is 0 Å². The van der Waals surface area contributed by atoms with E-state index in [4.69, 9.17) is 5.73 Å². The molecule has 116 valence electrons. The van der Waals surface area contributed by atoms with Crippen LogP contribution in [0.15, 0.2) is 30.3 Å². The average molecular weight is 287 g/mol. The van der Waals surface area contributed by atoms with Crippen molar-refractivity contribution in [3.63, 3.8) is 0 Å². The molecule has 3 rings (SSSR count). The van der Waals surface area contributed by atoms with Gasteiger partial charge in [0.2, 0.25) is 0 Å². The number of nitrogens with zero attached hydrogens (tertiary/aromatic N) is 2. The van der Waals surface area contributed by atoms with E-state index in [1.54, 1.807) is 0 Å². The maximum atomic E-state index is 6.06. The Hall–Kier alpha value is -0.900. The van der Waals surface area contributed by atoms with Gasteiger partial charge in [-0.05, 0) is 57.3 Å². The Labute approximate surface area is 129 Å². The Bertz CT molecular complexity index is 423. The number of likely N-dealkylation sites (tertiary alicyclic amines) is 2. The molecule has 0 amide bonds. The third-order valence-corrected chi connectivity index (χ3v) is 5.32. The van der Waals surface area contributed by atoms with Crippen LogP contribution in [0, 0.1) is 5.92 Å². The molecule has 3 heteroatoms. The quantitative estimate of drug-likeness (QED) is 0.922. The molecule has 0 aliphatic carbocycles. The molecule has 0 saturated carbocycles. The van der Waals surface area contributed by atoms with Crippen molar-refractivity contribution in [1.29, 1.82) is 0 Å². The molecule has 1 aromatic rings. The van der Waals surface area contributed by atoms with Crippen LogP contribution in [-0.2, 0) is 6.54 Å². The highest BCUT2D eigenvalue weighted by Gasteiger charge is 2.31. The van der Waals surface area contributed by atoms with Gasteiger partial charge in [-0.3, -0.25) is 9.80 Å². The van der Waals surface area contributed by atoms with Crippen LogP contribution in [-0.4, -0.2) is 48.1 Å². The molecule has 2 heterocycles. The molecule has 0 aromatic heterocycles. The number of benzene rings is 1. The van der Waals surface area contributed by atoms with Crippen molar-refractivity contribution >= 4 is 0 Å². The predicted molar refractivity (Wildman–Crippen MR) is 88.1 cm³/mol. The van der Waals surface area contributed by atoms with Crippen molar-refractivity contribution in [2.45, 2.75) is 44.8 Å². The molecule has 2 aliphatic rings. The third kappa shape index (κ3) is 3.85. The number of rotatable bonds is 4. The molecular formula is C18H29N3. The van der Waals surface area contributed by atoms with Gasteiger partial charge in [-0.15, -0.1) is 0 Å². The lowest BCUT2D eigenvalue weighted by molar-refractivity contribution is 0.119. The van der Waals surface area contributed by atoms with E-state index in [9.17, 15) is 0 Å². The van der Waals surface area contributed by atoms with Gasteiger partial charge < -0.3 is 5.73 Å². The fourth-order valence-corrected chi connectivity index (χ4v) is 3.86. The second-order valence-electron chi connectivity index (χ2n) is 6.90. The fraction of sp³-hybridized carbons (Fsp3) is 0.667. The van der Waals surface area contributed by atoms with Crippen LogP contribution in [0.5, 0.6) is 0 Å². The van der Waals surface area contributed by atoms with Gasteiger partial charge in [0.05, 0.1) is 0 Å². The molecule has 2 N–H and O–H groups in total. The van der Waals surface area contributed by atoms with E-state index >= 15 is 0 Å². The molecular weight excluding hydrogens is 258 g/mol. The summed E-state index contributed by atoms with van der Waals surface area (Å²) in [6.07, 6.45) is 3.93. The second kappa shape index (κ2) is 6.91. The van der Waals surface area contributed by atoms with Crippen LogP contribution in [0.4, 0.5) is 0 Å². The molecule has 2 aliphatic heterocycles. The van der Waals surface area contributed by atoms with E-state index in [-0.39, 0.29) is 0 Å². The van der Waals surface area contributed by atoms with Crippen molar-refractivity contribution in [3.8, 4) is 0 Å². The van der Waals surface area contributed by atoms with E-state index < -0.39 is 0 Å². The maximum Gasteiger partial charge on any atom is 0.0233 e. The van der Waals surface area contributed by atoms with Crippen molar-refractivity contribution in [3.05, 3.63) is 35.9 Å². The van der Waals surface area contributed by atoms with Gasteiger partial charge in [0.25, 0.3) is 0 Å². The van der Waals surface area contributed by atoms with Crippen molar-refractivity contribution in [1.82, 2.24) is 9.80 Å². The number of nitrogens with two attached hydrogens (primary N) is 1.